The van der Waals surface area contributed by atoms with Gasteiger partial charge in [0, 0.05) is 25.6 Å². The molecule has 5 heteroatoms. The number of carboxylic acids is 1. The summed E-state index contributed by atoms with van der Waals surface area (Å²) in [5.41, 5.74) is 0. The minimum absolute atomic E-state index is 0.0734. The zero-order valence-electron chi connectivity index (χ0n) is 10.5. The second-order valence-corrected chi connectivity index (χ2v) is 4.72. The fourth-order valence-electron chi connectivity index (χ4n) is 2.31. The molecule has 1 aromatic heterocycles. The van der Waals surface area contributed by atoms with Crippen LogP contribution in [0.1, 0.15) is 19.1 Å². The normalized spacial score (nSPS) is 22.8. The predicted octanol–water partition coefficient (Wildman–Crippen LogP) is 1.39. The molecule has 1 aromatic rings. The van der Waals surface area contributed by atoms with Crippen molar-refractivity contribution in [3.63, 3.8) is 0 Å². The van der Waals surface area contributed by atoms with Crippen molar-refractivity contribution < 1.29 is 19.1 Å². The molecule has 0 amide bonds. The minimum Gasteiger partial charge on any atom is -0.481 e. The first-order valence-electron chi connectivity index (χ1n) is 6.25. The molecule has 2 rings (SSSR count). The van der Waals surface area contributed by atoms with Gasteiger partial charge >= 0.3 is 5.97 Å². The molecule has 0 aliphatic carbocycles. The van der Waals surface area contributed by atoms with E-state index in [0.29, 0.717) is 19.2 Å². The number of morpholine rings is 1. The van der Waals surface area contributed by atoms with Gasteiger partial charge in [0.15, 0.2) is 0 Å². The van der Waals surface area contributed by atoms with Crippen molar-refractivity contribution >= 4 is 5.97 Å². The molecule has 1 saturated heterocycles. The van der Waals surface area contributed by atoms with Crippen molar-refractivity contribution in [2.45, 2.75) is 31.9 Å². The molecule has 1 aliphatic heterocycles. The first-order valence-corrected chi connectivity index (χ1v) is 6.25. The van der Waals surface area contributed by atoms with Gasteiger partial charge in [-0.05, 0) is 19.1 Å². The fraction of sp³-hybridized carbons (Fsp3) is 0.615. The summed E-state index contributed by atoms with van der Waals surface area (Å²) in [4.78, 5) is 13.0. The van der Waals surface area contributed by atoms with Crippen LogP contribution >= 0.6 is 0 Å². The van der Waals surface area contributed by atoms with E-state index in [0.717, 1.165) is 18.7 Å². The van der Waals surface area contributed by atoms with Gasteiger partial charge in [0.1, 0.15) is 5.76 Å². The summed E-state index contributed by atoms with van der Waals surface area (Å²) in [7, 11) is 0. The number of nitrogens with zero attached hydrogens (tertiary/aromatic N) is 1. The Morgan fingerprint density at radius 2 is 2.50 bits per heavy atom. The standard InChI is InChI=1S/C13H19NO4/c1-10(7-11-3-2-5-17-11)14-4-6-18-12(9-14)8-13(15)16/h2-3,5,10,12H,4,6-9H2,1H3,(H,15,16). The number of ether oxygens (including phenoxy) is 1. The first kappa shape index (κ1) is 13.1. The van der Waals surface area contributed by atoms with Crippen molar-refractivity contribution in [2.24, 2.45) is 0 Å². The van der Waals surface area contributed by atoms with Gasteiger partial charge in [-0.15, -0.1) is 0 Å². The summed E-state index contributed by atoms with van der Waals surface area (Å²) < 4.78 is 10.8. The highest BCUT2D eigenvalue weighted by molar-refractivity contribution is 5.67. The van der Waals surface area contributed by atoms with E-state index in [4.69, 9.17) is 14.3 Å². The highest BCUT2D eigenvalue weighted by Crippen LogP contribution is 2.15. The molecule has 0 spiro atoms. The van der Waals surface area contributed by atoms with Gasteiger partial charge in [0.05, 0.1) is 25.4 Å². The molecule has 1 aliphatic rings. The van der Waals surface area contributed by atoms with Crippen molar-refractivity contribution in [2.75, 3.05) is 19.7 Å². The van der Waals surface area contributed by atoms with E-state index in [-0.39, 0.29) is 12.5 Å². The van der Waals surface area contributed by atoms with Gasteiger partial charge in [-0.25, -0.2) is 0 Å². The summed E-state index contributed by atoms with van der Waals surface area (Å²) in [6, 6.07) is 4.18. The van der Waals surface area contributed by atoms with Crippen LogP contribution in [0, 0.1) is 0 Å². The van der Waals surface area contributed by atoms with Crippen molar-refractivity contribution in [3.8, 4) is 0 Å². The second-order valence-electron chi connectivity index (χ2n) is 4.72. The molecule has 2 heterocycles. The largest absolute Gasteiger partial charge is 0.481 e. The maximum absolute atomic E-state index is 10.7. The van der Waals surface area contributed by atoms with E-state index in [1.165, 1.54) is 0 Å². The lowest BCUT2D eigenvalue weighted by atomic mass is 10.1. The van der Waals surface area contributed by atoms with Gasteiger partial charge < -0.3 is 14.3 Å². The molecule has 0 bridgehead atoms. The van der Waals surface area contributed by atoms with Crippen LogP contribution in [0.2, 0.25) is 0 Å². The summed E-state index contributed by atoms with van der Waals surface area (Å²) >= 11 is 0. The molecule has 1 fully saturated rings. The lowest BCUT2D eigenvalue weighted by Gasteiger charge is -2.36. The summed E-state index contributed by atoms with van der Waals surface area (Å²) in [6.45, 7) is 4.25. The monoisotopic (exact) mass is 253 g/mol. The Hall–Kier alpha value is -1.33. The summed E-state index contributed by atoms with van der Waals surface area (Å²) in [5.74, 6) is 0.157. The van der Waals surface area contributed by atoms with Crippen LogP contribution in [0.25, 0.3) is 0 Å². The topological polar surface area (TPSA) is 62.9 Å². The Labute approximate surface area is 106 Å². The average Bonchev–Trinajstić information content (AvgIpc) is 2.81. The van der Waals surface area contributed by atoms with Crippen LogP contribution in [-0.4, -0.2) is 47.8 Å². The van der Waals surface area contributed by atoms with Crippen LogP contribution in [0.4, 0.5) is 0 Å². The fourth-order valence-corrected chi connectivity index (χ4v) is 2.31. The summed E-state index contributed by atoms with van der Waals surface area (Å²) in [5, 5.41) is 8.78. The van der Waals surface area contributed by atoms with E-state index in [9.17, 15) is 4.79 Å². The number of carbonyl (C=O) groups is 1. The van der Waals surface area contributed by atoms with Crippen LogP contribution in [0.15, 0.2) is 22.8 Å². The Morgan fingerprint density at radius 1 is 1.67 bits per heavy atom. The van der Waals surface area contributed by atoms with Gasteiger partial charge in [-0.1, -0.05) is 0 Å². The molecule has 2 unspecified atom stereocenters. The Balaban J connectivity index is 1.85. The molecule has 0 saturated carbocycles. The van der Waals surface area contributed by atoms with Crippen LogP contribution < -0.4 is 0 Å². The number of carboxylic acid groups (broad SMARTS) is 1. The van der Waals surface area contributed by atoms with Crippen molar-refractivity contribution in [1.82, 2.24) is 4.90 Å². The minimum atomic E-state index is -0.805. The molecule has 100 valence electrons. The van der Waals surface area contributed by atoms with E-state index in [1.54, 1.807) is 6.26 Å². The second kappa shape index (κ2) is 6.02. The molecular formula is C13H19NO4. The Morgan fingerprint density at radius 3 is 3.17 bits per heavy atom. The van der Waals surface area contributed by atoms with Crippen LogP contribution in [0.5, 0.6) is 0 Å². The SMILES string of the molecule is CC(Cc1ccco1)N1CCOC(CC(=O)O)C1. The highest BCUT2D eigenvalue weighted by Gasteiger charge is 2.26. The third-order valence-electron chi connectivity index (χ3n) is 3.27. The number of rotatable bonds is 5. The average molecular weight is 253 g/mol. The van der Waals surface area contributed by atoms with Gasteiger partial charge in [-0.3, -0.25) is 9.69 Å². The third kappa shape index (κ3) is 3.58. The van der Waals surface area contributed by atoms with E-state index < -0.39 is 5.97 Å². The summed E-state index contributed by atoms with van der Waals surface area (Å²) in [6.07, 6.45) is 2.39. The lowest BCUT2D eigenvalue weighted by molar-refractivity contribution is -0.142. The Bertz CT molecular complexity index is 376. The molecule has 0 radical (unpaired) electrons. The smallest absolute Gasteiger partial charge is 0.306 e. The maximum Gasteiger partial charge on any atom is 0.306 e. The molecule has 2 atom stereocenters. The molecule has 18 heavy (non-hydrogen) atoms. The Kier molecular flexibility index (Phi) is 4.38. The van der Waals surface area contributed by atoms with Gasteiger partial charge in [0.25, 0.3) is 0 Å². The zero-order valence-corrected chi connectivity index (χ0v) is 10.5. The number of hydrogen-bond donors (Lipinski definition) is 1. The zero-order chi connectivity index (χ0) is 13.0. The van der Waals surface area contributed by atoms with Crippen LogP contribution in [-0.2, 0) is 16.0 Å². The van der Waals surface area contributed by atoms with Crippen molar-refractivity contribution in [3.05, 3.63) is 24.2 Å². The third-order valence-corrected chi connectivity index (χ3v) is 3.27. The number of hydrogen-bond acceptors (Lipinski definition) is 4. The predicted molar refractivity (Wildman–Crippen MR) is 65.4 cm³/mol. The van der Waals surface area contributed by atoms with Gasteiger partial charge in [-0.2, -0.15) is 0 Å². The number of aliphatic carboxylic acids is 1. The molecule has 1 N–H and O–H groups in total. The maximum atomic E-state index is 10.7. The van der Waals surface area contributed by atoms with Crippen molar-refractivity contribution in [1.29, 1.82) is 0 Å². The van der Waals surface area contributed by atoms with Gasteiger partial charge in [0.2, 0.25) is 0 Å². The highest BCUT2D eigenvalue weighted by atomic mass is 16.5. The quantitative estimate of drug-likeness (QED) is 0.859. The first-order chi connectivity index (χ1) is 8.65. The number of furan rings is 1. The van der Waals surface area contributed by atoms with Crippen LogP contribution in [0.3, 0.4) is 0 Å². The van der Waals surface area contributed by atoms with E-state index >= 15 is 0 Å². The molecular weight excluding hydrogens is 234 g/mol. The molecule has 5 nitrogen and oxygen atoms in total. The molecule has 0 aromatic carbocycles. The van der Waals surface area contributed by atoms with E-state index in [2.05, 4.69) is 11.8 Å². The van der Waals surface area contributed by atoms with E-state index in [1.807, 2.05) is 12.1 Å². The lowest BCUT2D eigenvalue weighted by Crippen LogP contribution is -2.47.